The molecule has 0 saturated heterocycles. The number of pyridine rings is 1. The second-order valence-corrected chi connectivity index (χ2v) is 5.12. The number of rotatable bonds is 3. The number of anilines is 1. The lowest BCUT2D eigenvalue weighted by molar-refractivity contribution is 0.102. The molecule has 0 unspecified atom stereocenters. The number of hydrogen-bond donors (Lipinski definition) is 2. The van der Waals surface area contributed by atoms with Crippen LogP contribution in [-0.2, 0) is 0 Å². The summed E-state index contributed by atoms with van der Waals surface area (Å²) < 4.78 is 0. The van der Waals surface area contributed by atoms with Crippen LogP contribution in [0.2, 0.25) is 0 Å². The van der Waals surface area contributed by atoms with E-state index >= 15 is 0 Å². The average Bonchev–Trinajstić information content (AvgIpc) is 2.86. The summed E-state index contributed by atoms with van der Waals surface area (Å²) >= 11 is 1.27. The largest absolute Gasteiger partial charge is 0.411 e. The maximum Gasteiger partial charge on any atom is 0.259 e. The highest BCUT2D eigenvalue weighted by molar-refractivity contribution is 7.14. The lowest BCUT2D eigenvalue weighted by atomic mass is 10.2. The minimum atomic E-state index is -0.255. The molecule has 104 valence electrons. The predicted molar refractivity (Wildman–Crippen MR) is 77.8 cm³/mol. The number of carbonyl (C=O) groups is 1. The van der Waals surface area contributed by atoms with Crippen LogP contribution in [0.4, 0.5) is 5.13 Å². The first-order chi connectivity index (χ1) is 9.51. The van der Waals surface area contributed by atoms with Crippen LogP contribution in [0.3, 0.4) is 0 Å². The van der Waals surface area contributed by atoms with Crippen molar-refractivity contribution in [2.24, 2.45) is 5.16 Å². The lowest BCUT2D eigenvalue weighted by Crippen LogP contribution is -2.14. The van der Waals surface area contributed by atoms with E-state index < -0.39 is 0 Å². The van der Waals surface area contributed by atoms with Gasteiger partial charge in [-0.25, -0.2) is 4.98 Å². The summed E-state index contributed by atoms with van der Waals surface area (Å²) in [5, 5.41) is 16.6. The summed E-state index contributed by atoms with van der Waals surface area (Å²) in [5.41, 5.74) is 2.99. The average molecular weight is 290 g/mol. The standard InChI is InChI=1S/C13H14N4O2S/c1-7-4-5-10(8(2)14-7)12(18)16-13-15-11(6-20-13)9(3)17-19/h4-6,19H,1-3H3,(H,15,16,18). The predicted octanol–water partition coefficient (Wildman–Crippen LogP) is 2.61. The van der Waals surface area contributed by atoms with Gasteiger partial charge in [0, 0.05) is 11.1 Å². The molecule has 2 aromatic heterocycles. The Morgan fingerprint density at radius 2 is 2.10 bits per heavy atom. The van der Waals surface area contributed by atoms with Gasteiger partial charge in [-0.15, -0.1) is 11.3 Å². The molecule has 2 aromatic rings. The van der Waals surface area contributed by atoms with Crippen LogP contribution in [0.25, 0.3) is 0 Å². The third kappa shape index (κ3) is 3.00. The number of nitrogens with one attached hydrogen (secondary N) is 1. The first-order valence-electron chi connectivity index (χ1n) is 5.91. The fraction of sp³-hybridized carbons (Fsp3) is 0.231. The maximum atomic E-state index is 12.1. The van der Waals surface area contributed by atoms with E-state index in [9.17, 15) is 4.79 Å². The van der Waals surface area contributed by atoms with E-state index in [4.69, 9.17) is 5.21 Å². The highest BCUT2D eigenvalue weighted by Gasteiger charge is 2.13. The summed E-state index contributed by atoms with van der Waals surface area (Å²) in [5.74, 6) is -0.255. The molecule has 0 aliphatic rings. The molecule has 0 aromatic carbocycles. The van der Waals surface area contributed by atoms with Crippen LogP contribution in [0, 0.1) is 13.8 Å². The normalized spacial score (nSPS) is 11.4. The molecule has 0 saturated carbocycles. The maximum absolute atomic E-state index is 12.1. The number of hydrogen-bond acceptors (Lipinski definition) is 6. The molecule has 7 heteroatoms. The third-order valence-electron chi connectivity index (χ3n) is 2.72. The fourth-order valence-electron chi connectivity index (χ4n) is 1.64. The van der Waals surface area contributed by atoms with E-state index in [1.54, 1.807) is 31.4 Å². The number of aromatic nitrogens is 2. The van der Waals surface area contributed by atoms with Gasteiger partial charge in [0.25, 0.3) is 5.91 Å². The van der Waals surface area contributed by atoms with E-state index in [1.165, 1.54) is 11.3 Å². The molecule has 0 atom stereocenters. The summed E-state index contributed by atoms with van der Waals surface area (Å²) in [6.45, 7) is 5.30. The summed E-state index contributed by atoms with van der Waals surface area (Å²) in [4.78, 5) is 20.6. The van der Waals surface area contributed by atoms with Gasteiger partial charge in [0.1, 0.15) is 11.4 Å². The molecule has 0 bridgehead atoms. The topological polar surface area (TPSA) is 87.5 Å². The zero-order chi connectivity index (χ0) is 14.7. The number of amides is 1. The molecule has 0 fully saturated rings. The Balaban J connectivity index is 2.17. The van der Waals surface area contributed by atoms with Gasteiger partial charge in [-0.3, -0.25) is 15.1 Å². The Morgan fingerprint density at radius 1 is 1.35 bits per heavy atom. The van der Waals surface area contributed by atoms with Gasteiger partial charge < -0.3 is 5.21 Å². The lowest BCUT2D eigenvalue weighted by Gasteiger charge is -2.05. The first kappa shape index (κ1) is 14.1. The molecule has 0 aliphatic carbocycles. The molecular weight excluding hydrogens is 276 g/mol. The second kappa shape index (κ2) is 5.79. The number of nitrogens with zero attached hydrogens (tertiary/aromatic N) is 3. The van der Waals surface area contributed by atoms with Crippen molar-refractivity contribution < 1.29 is 10.0 Å². The summed E-state index contributed by atoms with van der Waals surface area (Å²) in [6, 6.07) is 3.53. The second-order valence-electron chi connectivity index (χ2n) is 4.26. The number of carbonyl (C=O) groups excluding carboxylic acids is 1. The molecular formula is C13H14N4O2S. The van der Waals surface area contributed by atoms with Crippen molar-refractivity contribution in [3.05, 3.63) is 40.2 Å². The van der Waals surface area contributed by atoms with E-state index in [-0.39, 0.29) is 5.91 Å². The number of aryl methyl sites for hydroxylation is 2. The number of oxime groups is 1. The molecule has 1 amide bonds. The van der Waals surface area contributed by atoms with E-state index in [0.717, 1.165) is 5.69 Å². The van der Waals surface area contributed by atoms with Crippen molar-refractivity contribution in [1.82, 2.24) is 9.97 Å². The molecule has 0 spiro atoms. The van der Waals surface area contributed by atoms with Crippen molar-refractivity contribution in [1.29, 1.82) is 0 Å². The molecule has 2 rings (SSSR count). The molecule has 6 nitrogen and oxygen atoms in total. The van der Waals surface area contributed by atoms with Gasteiger partial charge in [0.2, 0.25) is 0 Å². The van der Waals surface area contributed by atoms with Crippen molar-refractivity contribution in [2.45, 2.75) is 20.8 Å². The Hall–Kier alpha value is -2.28. The molecule has 2 heterocycles. The van der Waals surface area contributed by atoms with Crippen molar-refractivity contribution in [2.75, 3.05) is 5.32 Å². The summed E-state index contributed by atoms with van der Waals surface area (Å²) in [6.07, 6.45) is 0. The van der Waals surface area contributed by atoms with Gasteiger partial charge in [0.05, 0.1) is 11.3 Å². The van der Waals surface area contributed by atoms with Gasteiger partial charge in [-0.1, -0.05) is 5.16 Å². The van der Waals surface area contributed by atoms with Crippen LogP contribution < -0.4 is 5.32 Å². The Kier molecular flexibility index (Phi) is 4.09. The van der Waals surface area contributed by atoms with Crippen LogP contribution in [0.5, 0.6) is 0 Å². The van der Waals surface area contributed by atoms with Crippen molar-refractivity contribution >= 4 is 28.1 Å². The van der Waals surface area contributed by atoms with Gasteiger partial charge >= 0.3 is 0 Å². The van der Waals surface area contributed by atoms with E-state index in [2.05, 4.69) is 20.4 Å². The van der Waals surface area contributed by atoms with Crippen molar-refractivity contribution in [3.63, 3.8) is 0 Å². The quantitative estimate of drug-likeness (QED) is 0.516. The zero-order valence-electron chi connectivity index (χ0n) is 11.3. The van der Waals surface area contributed by atoms with E-state index in [0.29, 0.717) is 27.8 Å². The fourth-order valence-corrected chi connectivity index (χ4v) is 2.39. The highest BCUT2D eigenvalue weighted by atomic mass is 32.1. The zero-order valence-corrected chi connectivity index (χ0v) is 12.2. The highest BCUT2D eigenvalue weighted by Crippen LogP contribution is 2.17. The first-order valence-corrected chi connectivity index (χ1v) is 6.79. The van der Waals surface area contributed by atoms with Crippen LogP contribution in [-0.4, -0.2) is 26.8 Å². The molecule has 2 N–H and O–H groups in total. The van der Waals surface area contributed by atoms with Crippen LogP contribution in [0.1, 0.15) is 34.4 Å². The Labute approximate surface area is 120 Å². The van der Waals surface area contributed by atoms with E-state index in [1.807, 2.05) is 6.92 Å². The van der Waals surface area contributed by atoms with Crippen LogP contribution >= 0.6 is 11.3 Å². The van der Waals surface area contributed by atoms with Gasteiger partial charge in [0.15, 0.2) is 5.13 Å². The number of thiazole rings is 1. The summed E-state index contributed by atoms with van der Waals surface area (Å²) in [7, 11) is 0. The van der Waals surface area contributed by atoms with Crippen LogP contribution in [0.15, 0.2) is 22.7 Å². The third-order valence-corrected chi connectivity index (χ3v) is 3.47. The minimum absolute atomic E-state index is 0.255. The smallest absolute Gasteiger partial charge is 0.259 e. The van der Waals surface area contributed by atoms with Gasteiger partial charge in [-0.05, 0) is 32.9 Å². The van der Waals surface area contributed by atoms with Gasteiger partial charge in [-0.2, -0.15) is 0 Å². The molecule has 20 heavy (non-hydrogen) atoms. The SMILES string of the molecule is CC(=NO)c1csc(NC(=O)c2ccc(C)nc2C)n1. The molecule has 0 radical (unpaired) electrons. The van der Waals surface area contributed by atoms with Crippen molar-refractivity contribution in [3.8, 4) is 0 Å². The minimum Gasteiger partial charge on any atom is -0.411 e. The monoisotopic (exact) mass is 290 g/mol. The Bertz CT molecular complexity index is 679. The molecule has 0 aliphatic heterocycles. The Morgan fingerprint density at radius 3 is 2.75 bits per heavy atom.